The van der Waals surface area contributed by atoms with E-state index in [1.54, 1.807) is 0 Å². The van der Waals surface area contributed by atoms with Crippen molar-refractivity contribution in [1.82, 2.24) is 0 Å². The van der Waals surface area contributed by atoms with Crippen LogP contribution in [0.2, 0.25) is 0 Å². The highest BCUT2D eigenvalue weighted by Crippen LogP contribution is 2.23. The molecule has 0 radical (unpaired) electrons. The van der Waals surface area contributed by atoms with Gasteiger partial charge >= 0.3 is 17.9 Å². The molecular formula is C20H20N2O10S. The van der Waals surface area contributed by atoms with Gasteiger partial charge in [-0.15, -0.1) is 0 Å². The van der Waals surface area contributed by atoms with Gasteiger partial charge in [0, 0.05) is 5.69 Å². The number of primary sulfonamides is 1. The molecule has 0 spiro atoms. The summed E-state index contributed by atoms with van der Waals surface area (Å²) in [4.78, 5) is 47.9. The molecule has 176 valence electrons. The van der Waals surface area contributed by atoms with Crippen LogP contribution >= 0.6 is 0 Å². The Morgan fingerprint density at radius 1 is 0.879 bits per heavy atom. The molecular weight excluding hydrogens is 460 g/mol. The number of carbonyl (C=O) groups is 4. The standard InChI is InChI=1S/C20H20N2O10S/c1-29-16-5-4-14(33(21,27)28)9-15(16)20(26)32-10-17(23)22-13-7-11(18(24)30-2)6-12(8-13)19(25)31-3/h4-9H,10H2,1-3H3,(H,22,23)(H2,21,27,28). The second kappa shape index (κ2) is 10.6. The summed E-state index contributed by atoms with van der Waals surface area (Å²) in [6.45, 7) is -0.780. The molecule has 3 N–H and O–H groups in total. The number of ether oxygens (including phenoxy) is 4. The van der Waals surface area contributed by atoms with Gasteiger partial charge in [0.15, 0.2) is 6.61 Å². The number of nitrogens with one attached hydrogen (secondary N) is 1. The Morgan fingerprint density at radius 3 is 1.94 bits per heavy atom. The van der Waals surface area contributed by atoms with Crippen molar-refractivity contribution in [3.8, 4) is 5.75 Å². The predicted molar refractivity (Wildman–Crippen MR) is 112 cm³/mol. The fraction of sp³-hybridized carbons (Fsp3) is 0.200. The number of hydrogen-bond donors (Lipinski definition) is 2. The minimum Gasteiger partial charge on any atom is -0.496 e. The minimum atomic E-state index is -4.10. The van der Waals surface area contributed by atoms with Crippen molar-refractivity contribution in [2.75, 3.05) is 33.3 Å². The van der Waals surface area contributed by atoms with E-state index in [0.717, 1.165) is 26.4 Å². The maximum Gasteiger partial charge on any atom is 0.342 e. The van der Waals surface area contributed by atoms with Gasteiger partial charge in [-0.3, -0.25) is 4.79 Å². The first-order chi connectivity index (χ1) is 15.5. The van der Waals surface area contributed by atoms with Crippen molar-refractivity contribution >= 4 is 39.5 Å². The van der Waals surface area contributed by atoms with Crippen LogP contribution in [0.5, 0.6) is 5.75 Å². The number of nitrogens with two attached hydrogens (primary N) is 1. The molecule has 0 aliphatic heterocycles. The molecule has 0 bridgehead atoms. The number of methoxy groups -OCH3 is 3. The number of hydrogen-bond acceptors (Lipinski definition) is 10. The zero-order valence-electron chi connectivity index (χ0n) is 17.7. The highest BCUT2D eigenvalue weighted by molar-refractivity contribution is 7.89. The summed E-state index contributed by atoms with van der Waals surface area (Å²) in [5.74, 6) is -3.39. The summed E-state index contributed by atoms with van der Waals surface area (Å²) in [5.41, 5.74) is -0.292. The lowest BCUT2D eigenvalue weighted by molar-refractivity contribution is -0.119. The highest BCUT2D eigenvalue weighted by Gasteiger charge is 2.20. The molecule has 0 aliphatic carbocycles. The molecule has 2 aromatic carbocycles. The number of rotatable bonds is 8. The Bertz CT molecular complexity index is 1170. The predicted octanol–water partition coefficient (Wildman–Crippen LogP) is 0.711. The second-order valence-electron chi connectivity index (χ2n) is 6.31. The summed E-state index contributed by atoms with van der Waals surface area (Å²) >= 11 is 0. The number of anilines is 1. The molecule has 1 amide bonds. The van der Waals surface area contributed by atoms with Gasteiger partial charge in [-0.25, -0.2) is 27.9 Å². The average Bonchev–Trinajstić information content (AvgIpc) is 2.80. The molecule has 0 atom stereocenters. The second-order valence-corrected chi connectivity index (χ2v) is 7.88. The van der Waals surface area contributed by atoms with Crippen LogP contribution in [-0.4, -0.2) is 60.2 Å². The van der Waals surface area contributed by atoms with Crippen molar-refractivity contribution in [3.05, 3.63) is 53.1 Å². The van der Waals surface area contributed by atoms with Gasteiger partial charge in [-0.1, -0.05) is 0 Å². The van der Waals surface area contributed by atoms with Crippen molar-refractivity contribution in [2.24, 2.45) is 5.14 Å². The van der Waals surface area contributed by atoms with Gasteiger partial charge in [0.05, 0.1) is 37.4 Å². The zero-order chi connectivity index (χ0) is 24.8. The molecule has 13 heteroatoms. The Balaban J connectivity index is 2.18. The lowest BCUT2D eigenvalue weighted by Gasteiger charge is -2.11. The topological polar surface area (TPSA) is 177 Å². The first-order valence-corrected chi connectivity index (χ1v) is 10.5. The molecule has 0 saturated carbocycles. The summed E-state index contributed by atoms with van der Waals surface area (Å²) in [6, 6.07) is 7.02. The maximum atomic E-state index is 12.4. The van der Waals surface area contributed by atoms with Crippen LogP contribution in [-0.2, 0) is 29.0 Å². The van der Waals surface area contributed by atoms with Gasteiger partial charge < -0.3 is 24.3 Å². The van der Waals surface area contributed by atoms with E-state index in [4.69, 9.17) is 14.6 Å². The molecule has 0 fully saturated rings. The molecule has 0 heterocycles. The molecule has 33 heavy (non-hydrogen) atoms. The summed E-state index contributed by atoms with van der Waals surface area (Å²) in [5, 5.41) is 7.43. The van der Waals surface area contributed by atoms with Gasteiger partial charge in [-0.05, 0) is 36.4 Å². The third-order valence-corrected chi connectivity index (χ3v) is 5.02. The van der Waals surface area contributed by atoms with Crippen LogP contribution in [0.15, 0.2) is 41.3 Å². The van der Waals surface area contributed by atoms with Crippen molar-refractivity contribution in [3.63, 3.8) is 0 Å². The molecule has 2 aromatic rings. The van der Waals surface area contributed by atoms with E-state index in [9.17, 15) is 27.6 Å². The summed E-state index contributed by atoms with van der Waals surface area (Å²) < 4.78 is 42.2. The lowest BCUT2D eigenvalue weighted by Crippen LogP contribution is -2.22. The summed E-state index contributed by atoms with van der Waals surface area (Å²) in [7, 11) is -0.562. The van der Waals surface area contributed by atoms with Gasteiger partial charge in [0.1, 0.15) is 11.3 Å². The molecule has 0 aromatic heterocycles. The molecule has 0 unspecified atom stereocenters. The van der Waals surface area contributed by atoms with Crippen molar-refractivity contribution < 1.29 is 46.5 Å². The largest absolute Gasteiger partial charge is 0.496 e. The van der Waals surface area contributed by atoms with Crippen LogP contribution in [0.3, 0.4) is 0 Å². The van der Waals surface area contributed by atoms with Crippen LogP contribution in [0, 0.1) is 0 Å². The maximum absolute atomic E-state index is 12.4. The number of benzene rings is 2. The minimum absolute atomic E-state index is 0.00121. The van der Waals surface area contributed by atoms with Crippen molar-refractivity contribution in [2.45, 2.75) is 4.90 Å². The first-order valence-electron chi connectivity index (χ1n) is 8.99. The third-order valence-electron chi connectivity index (χ3n) is 4.11. The van der Waals surface area contributed by atoms with Gasteiger partial charge in [0.2, 0.25) is 10.0 Å². The monoisotopic (exact) mass is 480 g/mol. The third kappa shape index (κ3) is 6.51. The van der Waals surface area contributed by atoms with Crippen molar-refractivity contribution in [1.29, 1.82) is 0 Å². The van der Waals surface area contributed by atoms with Crippen LogP contribution in [0.4, 0.5) is 5.69 Å². The van der Waals surface area contributed by atoms with E-state index in [-0.39, 0.29) is 33.0 Å². The number of carbonyl (C=O) groups excluding carboxylic acids is 4. The van der Waals surface area contributed by atoms with Crippen LogP contribution in [0.25, 0.3) is 0 Å². The average molecular weight is 480 g/mol. The Morgan fingerprint density at radius 2 is 1.45 bits per heavy atom. The lowest BCUT2D eigenvalue weighted by atomic mass is 10.1. The van der Waals surface area contributed by atoms with E-state index in [1.807, 2.05) is 0 Å². The van der Waals surface area contributed by atoms with Gasteiger partial charge in [-0.2, -0.15) is 0 Å². The van der Waals surface area contributed by atoms with E-state index in [1.165, 1.54) is 31.4 Å². The Hall–Kier alpha value is -3.97. The molecule has 0 saturated heterocycles. The smallest absolute Gasteiger partial charge is 0.342 e. The van der Waals surface area contributed by atoms with Crippen LogP contribution < -0.4 is 15.2 Å². The SMILES string of the molecule is COC(=O)c1cc(NC(=O)COC(=O)c2cc(S(N)(=O)=O)ccc2OC)cc(C(=O)OC)c1. The zero-order valence-corrected chi connectivity index (χ0v) is 18.6. The Kier molecular flexibility index (Phi) is 8.10. The fourth-order valence-corrected chi connectivity index (χ4v) is 3.14. The highest BCUT2D eigenvalue weighted by atomic mass is 32.2. The Labute approximate surface area is 188 Å². The molecule has 2 rings (SSSR count). The number of sulfonamides is 1. The molecule has 12 nitrogen and oxygen atoms in total. The number of amides is 1. The van der Waals surface area contributed by atoms with E-state index in [0.29, 0.717) is 0 Å². The summed E-state index contributed by atoms with van der Waals surface area (Å²) in [6.07, 6.45) is 0. The van der Waals surface area contributed by atoms with E-state index < -0.39 is 40.4 Å². The van der Waals surface area contributed by atoms with E-state index >= 15 is 0 Å². The van der Waals surface area contributed by atoms with Crippen LogP contribution in [0.1, 0.15) is 31.1 Å². The van der Waals surface area contributed by atoms with Gasteiger partial charge in [0.25, 0.3) is 5.91 Å². The number of esters is 3. The normalized spacial score (nSPS) is 10.7. The fourth-order valence-electron chi connectivity index (χ4n) is 2.60. The van der Waals surface area contributed by atoms with E-state index in [2.05, 4.69) is 14.8 Å². The quantitative estimate of drug-likeness (QED) is 0.404. The molecule has 0 aliphatic rings. The first kappa shape index (κ1) is 25.3.